The number of hydrogen-bond acceptors (Lipinski definition) is 6. The molecule has 6 heteroatoms. The topological polar surface area (TPSA) is 60.5 Å². The summed E-state index contributed by atoms with van der Waals surface area (Å²) in [4.78, 5) is 16.1. The van der Waals surface area contributed by atoms with Crippen LogP contribution in [0.5, 0.6) is 5.75 Å². The van der Waals surface area contributed by atoms with Gasteiger partial charge in [-0.2, -0.15) is 0 Å². The van der Waals surface area contributed by atoms with Gasteiger partial charge >= 0.3 is 5.97 Å². The van der Waals surface area contributed by atoms with Crippen LogP contribution in [0.3, 0.4) is 0 Å². The highest BCUT2D eigenvalue weighted by Crippen LogP contribution is 2.26. The lowest BCUT2D eigenvalue weighted by Gasteiger charge is -2.13. The summed E-state index contributed by atoms with van der Waals surface area (Å²) in [6.45, 7) is 3.06. The molecule has 1 aromatic heterocycles. The number of carbonyl (C=O) groups excluding carboxylic acids is 1. The normalized spacial score (nSPS) is 10.6. The molecule has 0 aliphatic rings. The maximum absolute atomic E-state index is 11.6. The molecule has 0 unspecified atom stereocenters. The van der Waals surface area contributed by atoms with Crippen LogP contribution in [0.25, 0.3) is 11.3 Å². The largest absolute Gasteiger partial charge is 0.489 e. The summed E-state index contributed by atoms with van der Waals surface area (Å²) in [5.41, 5.74) is 5.69. The Bertz CT molecular complexity index is 1200. The van der Waals surface area contributed by atoms with E-state index in [1.54, 1.807) is 23.5 Å². The number of ether oxygens (including phenoxy) is 2. The minimum absolute atomic E-state index is 0.345. The smallest absolute Gasteiger partial charge is 0.337 e. The van der Waals surface area contributed by atoms with E-state index in [1.807, 2.05) is 43.3 Å². The summed E-state index contributed by atoms with van der Waals surface area (Å²) in [6.07, 6.45) is 0. The molecule has 32 heavy (non-hydrogen) atoms. The fourth-order valence-electron chi connectivity index (χ4n) is 3.29. The van der Waals surface area contributed by atoms with Crippen molar-refractivity contribution in [2.45, 2.75) is 20.1 Å². The predicted molar refractivity (Wildman–Crippen MR) is 128 cm³/mol. The first kappa shape index (κ1) is 21.6. The van der Waals surface area contributed by atoms with Gasteiger partial charge in [-0.25, -0.2) is 9.78 Å². The zero-order chi connectivity index (χ0) is 22.3. The molecule has 3 aromatic carbocycles. The quantitative estimate of drug-likeness (QED) is 0.333. The Balaban J connectivity index is 1.40. The maximum Gasteiger partial charge on any atom is 0.337 e. The van der Waals surface area contributed by atoms with Crippen molar-refractivity contribution in [1.29, 1.82) is 0 Å². The van der Waals surface area contributed by atoms with Crippen LogP contribution in [0.1, 0.15) is 26.5 Å². The van der Waals surface area contributed by atoms with E-state index in [1.165, 1.54) is 7.11 Å². The Morgan fingerprint density at radius 1 is 1.03 bits per heavy atom. The summed E-state index contributed by atoms with van der Waals surface area (Å²) in [5.74, 6) is 0.478. The summed E-state index contributed by atoms with van der Waals surface area (Å²) in [6, 6.07) is 23.5. The molecule has 5 nitrogen and oxygen atoms in total. The molecule has 0 bridgehead atoms. The molecule has 0 aliphatic heterocycles. The molecule has 0 atom stereocenters. The van der Waals surface area contributed by atoms with Gasteiger partial charge in [-0.05, 0) is 42.8 Å². The van der Waals surface area contributed by atoms with Gasteiger partial charge in [0.05, 0.1) is 23.4 Å². The monoisotopic (exact) mass is 444 g/mol. The van der Waals surface area contributed by atoms with E-state index in [0.29, 0.717) is 18.7 Å². The number of benzene rings is 3. The second kappa shape index (κ2) is 10.1. The van der Waals surface area contributed by atoms with Crippen molar-refractivity contribution < 1.29 is 14.3 Å². The second-order valence-electron chi connectivity index (χ2n) is 7.27. The lowest BCUT2D eigenvalue weighted by molar-refractivity contribution is 0.0600. The number of aromatic nitrogens is 1. The van der Waals surface area contributed by atoms with Gasteiger partial charge in [0.15, 0.2) is 0 Å². The number of nitrogens with one attached hydrogen (secondary N) is 1. The van der Waals surface area contributed by atoms with Gasteiger partial charge in [-0.15, -0.1) is 11.3 Å². The second-order valence-corrected chi connectivity index (χ2v) is 8.33. The Hall–Kier alpha value is -3.64. The molecule has 0 aliphatic carbocycles. The predicted octanol–water partition coefficient (Wildman–Crippen LogP) is 6.10. The van der Waals surface area contributed by atoms with Gasteiger partial charge in [0.2, 0.25) is 0 Å². The molecule has 4 rings (SSSR count). The minimum atomic E-state index is -0.345. The van der Waals surface area contributed by atoms with Crippen LogP contribution in [0.2, 0.25) is 0 Å². The van der Waals surface area contributed by atoms with Crippen LogP contribution in [-0.2, 0) is 17.9 Å². The van der Waals surface area contributed by atoms with Crippen molar-refractivity contribution in [3.63, 3.8) is 0 Å². The first-order chi connectivity index (χ1) is 15.6. The summed E-state index contributed by atoms with van der Waals surface area (Å²) < 4.78 is 10.8. The number of esters is 1. The lowest BCUT2D eigenvalue weighted by Crippen LogP contribution is -2.04. The molecule has 1 heterocycles. The van der Waals surface area contributed by atoms with E-state index in [9.17, 15) is 4.79 Å². The standard InChI is InChI=1S/C26H24N2O3S/c1-18-28-24(17-32-18)21-7-5-8-23(14-21)27-15-22-6-3-4-9-25(22)31-16-19-10-12-20(13-11-19)26(29)30-2/h3-14,17,27H,15-16H2,1-2H3. The van der Waals surface area contributed by atoms with E-state index in [2.05, 4.69) is 39.9 Å². The van der Waals surface area contributed by atoms with Gasteiger partial charge in [0.25, 0.3) is 0 Å². The SMILES string of the molecule is COC(=O)c1ccc(COc2ccccc2CNc2cccc(-c3csc(C)n3)c2)cc1. The number of para-hydroxylation sites is 1. The highest BCUT2D eigenvalue weighted by Gasteiger charge is 2.08. The molecule has 0 saturated heterocycles. The average Bonchev–Trinajstić information content (AvgIpc) is 3.28. The molecule has 162 valence electrons. The Labute approximate surface area is 191 Å². The van der Waals surface area contributed by atoms with Crippen LogP contribution in [-0.4, -0.2) is 18.1 Å². The van der Waals surface area contributed by atoms with Gasteiger partial charge in [0.1, 0.15) is 12.4 Å². The molecule has 4 aromatic rings. The molecule has 1 N–H and O–H groups in total. The van der Waals surface area contributed by atoms with Crippen LogP contribution in [0.4, 0.5) is 5.69 Å². The summed E-state index contributed by atoms with van der Waals surface area (Å²) >= 11 is 1.65. The molecule has 0 spiro atoms. The number of rotatable bonds is 8. The number of aryl methyl sites for hydroxylation is 1. The number of carbonyl (C=O) groups is 1. The van der Waals surface area contributed by atoms with Gasteiger partial charge < -0.3 is 14.8 Å². The van der Waals surface area contributed by atoms with Crippen LogP contribution in [0.15, 0.2) is 78.2 Å². The van der Waals surface area contributed by atoms with Crippen molar-refractivity contribution in [2.75, 3.05) is 12.4 Å². The zero-order valence-electron chi connectivity index (χ0n) is 18.0. The first-order valence-electron chi connectivity index (χ1n) is 10.3. The number of nitrogens with zero attached hydrogens (tertiary/aromatic N) is 1. The summed E-state index contributed by atoms with van der Waals surface area (Å²) in [7, 11) is 1.38. The molecule has 0 saturated carbocycles. The molecular formula is C26H24N2O3S. The lowest BCUT2D eigenvalue weighted by atomic mass is 10.1. The average molecular weight is 445 g/mol. The first-order valence-corrected chi connectivity index (χ1v) is 11.1. The van der Waals surface area contributed by atoms with Crippen LogP contribution < -0.4 is 10.1 Å². The third kappa shape index (κ3) is 5.34. The van der Waals surface area contributed by atoms with Crippen molar-refractivity contribution in [2.24, 2.45) is 0 Å². The fourth-order valence-corrected chi connectivity index (χ4v) is 3.91. The molecular weight excluding hydrogens is 420 g/mol. The third-order valence-corrected chi connectivity index (χ3v) is 5.78. The van der Waals surface area contributed by atoms with E-state index in [4.69, 9.17) is 9.47 Å². The number of anilines is 1. The molecule has 0 amide bonds. The van der Waals surface area contributed by atoms with Gasteiger partial charge in [-0.1, -0.05) is 42.5 Å². The van der Waals surface area contributed by atoms with Crippen molar-refractivity contribution in [3.8, 4) is 17.0 Å². The maximum atomic E-state index is 11.6. The summed E-state index contributed by atoms with van der Waals surface area (Å²) in [5, 5.41) is 6.63. The number of thiazole rings is 1. The van der Waals surface area contributed by atoms with Crippen LogP contribution >= 0.6 is 11.3 Å². The number of methoxy groups -OCH3 is 1. The van der Waals surface area contributed by atoms with Crippen LogP contribution in [0, 0.1) is 6.92 Å². The highest BCUT2D eigenvalue weighted by molar-refractivity contribution is 7.09. The molecule has 0 radical (unpaired) electrons. The van der Waals surface area contributed by atoms with Gasteiger partial charge in [0, 0.05) is 28.7 Å². The zero-order valence-corrected chi connectivity index (χ0v) is 18.8. The van der Waals surface area contributed by atoms with Gasteiger partial charge in [-0.3, -0.25) is 0 Å². The third-order valence-electron chi connectivity index (χ3n) is 5.00. The highest BCUT2D eigenvalue weighted by atomic mass is 32.1. The van der Waals surface area contributed by atoms with Crippen molar-refractivity contribution >= 4 is 23.0 Å². The number of hydrogen-bond donors (Lipinski definition) is 1. The van der Waals surface area contributed by atoms with E-state index in [-0.39, 0.29) is 5.97 Å². The van der Waals surface area contributed by atoms with E-state index >= 15 is 0 Å². The minimum Gasteiger partial charge on any atom is -0.489 e. The van der Waals surface area contributed by atoms with Crippen molar-refractivity contribution in [3.05, 3.63) is 99.9 Å². The Morgan fingerprint density at radius 3 is 2.59 bits per heavy atom. The molecule has 0 fully saturated rings. The fraction of sp³-hybridized carbons (Fsp3) is 0.154. The Kier molecular flexibility index (Phi) is 6.82. The Morgan fingerprint density at radius 2 is 1.84 bits per heavy atom. The van der Waals surface area contributed by atoms with E-state index < -0.39 is 0 Å². The van der Waals surface area contributed by atoms with Crippen molar-refractivity contribution in [1.82, 2.24) is 4.98 Å². The van der Waals surface area contributed by atoms with E-state index in [0.717, 1.165) is 38.8 Å².